The van der Waals surface area contributed by atoms with Gasteiger partial charge in [-0.1, -0.05) is 13.3 Å². The Balaban J connectivity index is 1.57. The molecule has 0 aromatic carbocycles. The highest BCUT2D eigenvalue weighted by atomic mass is 16.2. The van der Waals surface area contributed by atoms with E-state index in [9.17, 15) is 4.79 Å². The summed E-state index contributed by atoms with van der Waals surface area (Å²) in [5.74, 6) is 1.73. The summed E-state index contributed by atoms with van der Waals surface area (Å²) in [6, 6.07) is 1.89. The van der Waals surface area contributed by atoms with Crippen molar-refractivity contribution in [2.45, 2.75) is 58.0 Å². The second kappa shape index (κ2) is 8.13. The van der Waals surface area contributed by atoms with Gasteiger partial charge in [0.25, 0.3) is 0 Å². The minimum absolute atomic E-state index is 0.224. The number of likely N-dealkylation sites (tertiary alicyclic amines) is 1. The molecule has 2 aromatic heterocycles. The van der Waals surface area contributed by atoms with E-state index in [1.165, 1.54) is 12.8 Å². The van der Waals surface area contributed by atoms with E-state index >= 15 is 0 Å². The maximum absolute atomic E-state index is 12.5. The van der Waals surface area contributed by atoms with Crippen LogP contribution in [0.25, 0.3) is 0 Å². The number of rotatable bonds is 7. The number of aryl methyl sites for hydroxylation is 2. The summed E-state index contributed by atoms with van der Waals surface area (Å²) in [5.41, 5.74) is 0. The predicted molar refractivity (Wildman–Crippen MR) is 92.5 cm³/mol. The summed E-state index contributed by atoms with van der Waals surface area (Å²) in [5, 5.41) is 4.16. The molecule has 6 nitrogen and oxygen atoms in total. The van der Waals surface area contributed by atoms with Crippen molar-refractivity contribution in [3.63, 3.8) is 0 Å². The summed E-state index contributed by atoms with van der Waals surface area (Å²) in [4.78, 5) is 19.1. The van der Waals surface area contributed by atoms with Gasteiger partial charge in [0.2, 0.25) is 5.91 Å². The molecule has 130 valence electrons. The lowest BCUT2D eigenvalue weighted by atomic mass is 9.96. The summed E-state index contributed by atoms with van der Waals surface area (Å²) < 4.78 is 4.09. The van der Waals surface area contributed by atoms with E-state index in [-0.39, 0.29) is 5.91 Å². The van der Waals surface area contributed by atoms with Gasteiger partial charge in [-0.3, -0.25) is 9.48 Å². The fourth-order valence-electron chi connectivity index (χ4n) is 3.41. The van der Waals surface area contributed by atoms with Crippen LogP contribution in [0.15, 0.2) is 30.9 Å². The summed E-state index contributed by atoms with van der Waals surface area (Å²) in [6.07, 6.45) is 12.6. The zero-order valence-electron chi connectivity index (χ0n) is 14.5. The molecule has 2 aromatic rings. The van der Waals surface area contributed by atoms with Crippen molar-refractivity contribution in [1.82, 2.24) is 24.2 Å². The van der Waals surface area contributed by atoms with Crippen LogP contribution in [0.1, 0.15) is 50.8 Å². The second-order valence-corrected chi connectivity index (χ2v) is 6.53. The molecule has 0 unspecified atom stereocenters. The van der Waals surface area contributed by atoms with Crippen LogP contribution in [-0.2, 0) is 17.9 Å². The monoisotopic (exact) mass is 329 g/mol. The highest BCUT2D eigenvalue weighted by molar-refractivity contribution is 5.76. The Morgan fingerprint density at radius 2 is 2.21 bits per heavy atom. The maximum Gasteiger partial charge on any atom is 0.224 e. The molecule has 1 atom stereocenters. The minimum atomic E-state index is 0.224. The quantitative estimate of drug-likeness (QED) is 0.785. The molecule has 0 N–H and O–H groups in total. The van der Waals surface area contributed by atoms with Crippen LogP contribution in [-0.4, -0.2) is 43.2 Å². The number of aromatic nitrogens is 4. The van der Waals surface area contributed by atoms with Crippen LogP contribution in [0.4, 0.5) is 0 Å². The average Bonchev–Trinajstić information content (AvgIpc) is 3.29. The van der Waals surface area contributed by atoms with Crippen LogP contribution in [0.2, 0.25) is 0 Å². The van der Waals surface area contributed by atoms with Crippen LogP contribution < -0.4 is 0 Å². The maximum atomic E-state index is 12.5. The first-order chi connectivity index (χ1) is 11.8. The smallest absolute Gasteiger partial charge is 0.224 e. The third kappa shape index (κ3) is 4.04. The van der Waals surface area contributed by atoms with Crippen molar-refractivity contribution in [3.8, 4) is 0 Å². The summed E-state index contributed by atoms with van der Waals surface area (Å²) in [7, 11) is 0. The highest BCUT2D eigenvalue weighted by Gasteiger charge is 2.27. The molecule has 0 aliphatic carbocycles. The van der Waals surface area contributed by atoms with Gasteiger partial charge in [0.05, 0.1) is 0 Å². The Hall–Kier alpha value is -2.11. The standard InChI is InChI=1S/C18H27N5O/c1-2-3-10-21-14-9-19-18(21)16-6-4-11-22(15-16)17(24)7-13-23-12-5-8-20-23/h5,8-9,12,14,16H,2-4,6-7,10-11,13,15H2,1H3/t16-/m0/s1. The molecule has 0 saturated carbocycles. The van der Waals surface area contributed by atoms with Crippen molar-refractivity contribution in [3.05, 3.63) is 36.7 Å². The molecular weight excluding hydrogens is 302 g/mol. The number of carbonyl (C=O) groups is 1. The Kier molecular flexibility index (Phi) is 5.67. The van der Waals surface area contributed by atoms with E-state index in [1.807, 2.05) is 28.0 Å². The van der Waals surface area contributed by atoms with Gasteiger partial charge >= 0.3 is 0 Å². The number of amides is 1. The molecule has 1 amide bonds. The first-order valence-corrected chi connectivity index (χ1v) is 9.04. The molecule has 3 rings (SSSR count). The van der Waals surface area contributed by atoms with Crippen molar-refractivity contribution >= 4 is 5.91 Å². The lowest BCUT2D eigenvalue weighted by molar-refractivity contribution is -0.132. The minimum Gasteiger partial charge on any atom is -0.342 e. The molecule has 0 radical (unpaired) electrons. The molecule has 1 fully saturated rings. The van der Waals surface area contributed by atoms with E-state index in [0.717, 1.165) is 38.3 Å². The van der Waals surface area contributed by atoms with Crippen molar-refractivity contribution < 1.29 is 4.79 Å². The molecular formula is C18H27N5O. The third-order valence-electron chi connectivity index (χ3n) is 4.75. The summed E-state index contributed by atoms with van der Waals surface area (Å²) >= 11 is 0. The van der Waals surface area contributed by atoms with Gasteiger partial charge in [-0.05, 0) is 25.3 Å². The van der Waals surface area contributed by atoms with Gasteiger partial charge in [0, 0.05) is 63.3 Å². The van der Waals surface area contributed by atoms with Crippen LogP contribution >= 0.6 is 0 Å². The number of carbonyl (C=O) groups excluding carboxylic acids is 1. The third-order valence-corrected chi connectivity index (χ3v) is 4.75. The average molecular weight is 329 g/mol. The largest absolute Gasteiger partial charge is 0.342 e. The Labute approximate surface area is 143 Å². The molecule has 1 saturated heterocycles. The lowest BCUT2D eigenvalue weighted by Gasteiger charge is -2.32. The first kappa shape index (κ1) is 16.7. The second-order valence-electron chi connectivity index (χ2n) is 6.53. The van der Waals surface area contributed by atoms with Crippen LogP contribution in [0.3, 0.4) is 0 Å². The van der Waals surface area contributed by atoms with Gasteiger partial charge in [-0.25, -0.2) is 4.98 Å². The fraction of sp³-hybridized carbons (Fsp3) is 0.611. The van der Waals surface area contributed by atoms with Gasteiger partial charge in [0.15, 0.2) is 0 Å². The zero-order chi connectivity index (χ0) is 16.8. The SMILES string of the molecule is CCCCn1ccnc1[C@H]1CCCN(C(=O)CCn2cccn2)C1. The zero-order valence-corrected chi connectivity index (χ0v) is 14.5. The van der Waals surface area contributed by atoms with E-state index < -0.39 is 0 Å². The number of unbranched alkanes of at least 4 members (excludes halogenated alkanes) is 1. The molecule has 0 spiro atoms. The predicted octanol–water partition coefficient (Wildman–Crippen LogP) is 2.68. The number of piperidine rings is 1. The van der Waals surface area contributed by atoms with Crippen LogP contribution in [0.5, 0.6) is 0 Å². The van der Waals surface area contributed by atoms with E-state index in [4.69, 9.17) is 0 Å². The molecule has 0 bridgehead atoms. The van der Waals surface area contributed by atoms with E-state index in [2.05, 4.69) is 27.8 Å². The number of hydrogen-bond donors (Lipinski definition) is 0. The van der Waals surface area contributed by atoms with Crippen molar-refractivity contribution in [2.24, 2.45) is 0 Å². The lowest BCUT2D eigenvalue weighted by Crippen LogP contribution is -2.40. The normalized spacial score (nSPS) is 18.0. The van der Waals surface area contributed by atoms with E-state index in [0.29, 0.717) is 18.9 Å². The Bertz CT molecular complexity index is 634. The fourth-order valence-corrected chi connectivity index (χ4v) is 3.41. The molecule has 6 heteroatoms. The number of hydrogen-bond acceptors (Lipinski definition) is 3. The molecule has 3 heterocycles. The Morgan fingerprint density at radius 1 is 1.29 bits per heavy atom. The van der Waals surface area contributed by atoms with Crippen LogP contribution in [0, 0.1) is 0 Å². The molecule has 24 heavy (non-hydrogen) atoms. The van der Waals surface area contributed by atoms with Gasteiger partial charge < -0.3 is 9.47 Å². The summed E-state index contributed by atoms with van der Waals surface area (Å²) in [6.45, 7) is 5.54. The van der Waals surface area contributed by atoms with Crippen molar-refractivity contribution in [2.75, 3.05) is 13.1 Å². The van der Waals surface area contributed by atoms with Crippen molar-refractivity contribution in [1.29, 1.82) is 0 Å². The molecule has 1 aliphatic heterocycles. The van der Waals surface area contributed by atoms with Gasteiger partial charge in [0.1, 0.15) is 5.82 Å². The van der Waals surface area contributed by atoms with E-state index in [1.54, 1.807) is 6.20 Å². The molecule has 1 aliphatic rings. The van der Waals surface area contributed by atoms with Gasteiger partial charge in [-0.2, -0.15) is 5.10 Å². The topological polar surface area (TPSA) is 56.0 Å². The highest BCUT2D eigenvalue weighted by Crippen LogP contribution is 2.26. The number of imidazole rings is 1. The van der Waals surface area contributed by atoms with Gasteiger partial charge in [-0.15, -0.1) is 0 Å². The first-order valence-electron chi connectivity index (χ1n) is 9.04. The number of nitrogens with zero attached hydrogens (tertiary/aromatic N) is 5. The Morgan fingerprint density at radius 3 is 3.00 bits per heavy atom.